The molecule has 2 amide bonds. The molecule has 1 fully saturated rings. The van der Waals surface area contributed by atoms with Gasteiger partial charge in [0.25, 0.3) is 0 Å². The molecule has 0 saturated carbocycles. The smallest absolute Gasteiger partial charge is 0.245 e. The van der Waals surface area contributed by atoms with E-state index in [0.717, 1.165) is 56.3 Å². The van der Waals surface area contributed by atoms with E-state index in [0.29, 0.717) is 6.54 Å². The number of morpholine rings is 1. The first-order valence-corrected chi connectivity index (χ1v) is 9.75. The van der Waals surface area contributed by atoms with Crippen LogP contribution in [-0.4, -0.2) is 69.9 Å². The van der Waals surface area contributed by atoms with Gasteiger partial charge in [-0.3, -0.25) is 15.0 Å². The predicted molar refractivity (Wildman–Crippen MR) is 104 cm³/mol. The van der Waals surface area contributed by atoms with Crippen LogP contribution < -0.4 is 20.4 Å². The molecule has 2 aliphatic rings. The topological polar surface area (TPSA) is 84.3 Å². The van der Waals surface area contributed by atoms with E-state index in [1.54, 1.807) is 7.11 Å². The van der Waals surface area contributed by atoms with Crippen molar-refractivity contribution in [2.24, 2.45) is 0 Å². The number of carbonyl (C=O) groups excluding carboxylic acids is 2. The monoisotopic (exact) mass is 389 g/mol. The number of carbonyl (C=O) groups is 2. The van der Waals surface area contributed by atoms with Gasteiger partial charge in [-0.05, 0) is 35.9 Å². The van der Waals surface area contributed by atoms with Crippen LogP contribution in [0, 0.1) is 0 Å². The maximum atomic E-state index is 12.2. The number of benzene rings is 1. The Bertz CT molecular complexity index is 699. The van der Waals surface area contributed by atoms with Crippen LogP contribution in [0.2, 0.25) is 0 Å². The number of amides is 2. The third-order valence-corrected chi connectivity index (χ3v) is 4.97. The maximum absolute atomic E-state index is 12.2. The lowest BCUT2D eigenvalue weighted by atomic mass is 10.1. The van der Waals surface area contributed by atoms with E-state index in [1.807, 2.05) is 30.3 Å². The minimum absolute atomic E-state index is 0.00323. The highest BCUT2D eigenvalue weighted by atomic mass is 16.5. The van der Waals surface area contributed by atoms with Gasteiger partial charge in [0.05, 0.1) is 32.6 Å². The summed E-state index contributed by atoms with van der Waals surface area (Å²) in [5, 5.41) is 4.28. The largest absolute Gasteiger partial charge is 0.497 e. The molecule has 8 heteroatoms. The van der Waals surface area contributed by atoms with Crippen molar-refractivity contribution in [1.82, 2.24) is 15.8 Å². The van der Waals surface area contributed by atoms with E-state index < -0.39 is 0 Å². The molecular weight excluding hydrogens is 360 g/mol. The number of methoxy groups -OCH3 is 1. The molecule has 0 atom stereocenters. The number of ether oxygens (including phenoxy) is 2. The summed E-state index contributed by atoms with van der Waals surface area (Å²) in [6, 6.07) is 7.56. The molecule has 2 heterocycles. The van der Waals surface area contributed by atoms with Crippen molar-refractivity contribution < 1.29 is 24.0 Å². The Morgan fingerprint density at radius 1 is 1.29 bits per heavy atom. The Hall–Kier alpha value is -2.58. The zero-order chi connectivity index (χ0) is 19.8. The molecule has 0 aromatic heterocycles. The summed E-state index contributed by atoms with van der Waals surface area (Å²) in [5.74, 6) is 0.491. The number of nitrogens with one attached hydrogen (secondary N) is 3. The molecule has 0 unspecified atom stereocenters. The second kappa shape index (κ2) is 10.1. The fourth-order valence-electron chi connectivity index (χ4n) is 3.31. The number of quaternary nitrogens is 1. The summed E-state index contributed by atoms with van der Waals surface area (Å²) >= 11 is 0. The minimum Gasteiger partial charge on any atom is -0.497 e. The van der Waals surface area contributed by atoms with Crippen LogP contribution in [0.1, 0.15) is 18.4 Å². The van der Waals surface area contributed by atoms with Gasteiger partial charge < -0.3 is 19.7 Å². The molecule has 0 bridgehead atoms. The molecule has 0 spiro atoms. The first kappa shape index (κ1) is 20.2. The van der Waals surface area contributed by atoms with Crippen molar-refractivity contribution in [3.8, 4) is 5.75 Å². The minimum atomic E-state index is -0.159. The van der Waals surface area contributed by atoms with E-state index in [1.165, 1.54) is 9.91 Å². The average molecular weight is 389 g/mol. The van der Waals surface area contributed by atoms with E-state index in [4.69, 9.17) is 9.47 Å². The fourth-order valence-corrected chi connectivity index (χ4v) is 3.31. The van der Waals surface area contributed by atoms with E-state index in [9.17, 15) is 9.59 Å². The predicted octanol–water partition coefficient (Wildman–Crippen LogP) is -0.806. The van der Waals surface area contributed by atoms with Crippen LogP contribution >= 0.6 is 0 Å². The molecule has 28 heavy (non-hydrogen) atoms. The van der Waals surface area contributed by atoms with Crippen molar-refractivity contribution in [2.45, 2.75) is 12.8 Å². The molecule has 8 nitrogen and oxygen atoms in total. The van der Waals surface area contributed by atoms with Crippen LogP contribution in [0.3, 0.4) is 0 Å². The highest BCUT2D eigenvalue weighted by Crippen LogP contribution is 2.20. The molecule has 0 aliphatic carbocycles. The van der Waals surface area contributed by atoms with Gasteiger partial charge in [0, 0.05) is 19.4 Å². The molecule has 1 saturated heterocycles. The Balaban J connectivity index is 1.43. The quantitative estimate of drug-likeness (QED) is 0.507. The third-order valence-electron chi connectivity index (χ3n) is 4.97. The van der Waals surface area contributed by atoms with Gasteiger partial charge in [-0.1, -0.05) is 0 Å². The van der Waals surface area contributed by atoms with Crippen molar-refractivity contribution in [3.63, 3.8) is 0 Å². The summed E-state index contributed by atoms with van der Waals surface area (Å²) in [7, 11) is 1.62. The molecule has 3 N–H and O–H groups in total. The van der Waals surface area contributed by atoms with Crippen molar-refractivity contribution in [3.05, 3.63) is 35.9 Å². The highest BCUT2D eigenvalue weighted by molar-refractivity contribution is 5.88. The first-order chi connectivity index (χ1) is 13.7. The number of hydrogen-bond acceptors (Lipinski definition) is 5. The number of nitrogens with zero attached hydrogens (tertiary/aromatic N) is 1. The average Bonchev–Trinajstić information content (AvgIpc) is 2.74. The molecule has 1 aromatic rings. The van der Waals surface area contributed by atoms with Crippen LogP contribution in [0.5, 0.6) is 5.75 Å². The Kier molecular flexibility index (Phi) is 7.27. The lowest BCUT2D eigenvalue weighted by Crippen LogP contribution is -3.14. The second-order valence-electron chi connectivity index (χ2n) is 6.96. The summed E-state index contributed by atoms with van der Waals surface area (Å²) in [6.07, 6.45) is 3.02. The SMILES string of the molecule is COc1ccc(C2=CCC(=O)N(CC(=O)NCCC[NH+]3CCOCC3)N2)cc1. The van der Waals surface area contributed by atoms with Gasteiger partial charge >= 0.3 is 0 Å². The third kappa shape index (κ3) is 5.71. The molecule has 2 aliphatic heterocycles. The fraction of sp³-hybridized carbons (Fsp3) is 0.500. The van der Waals surface area contributed by atoms with Gasteiger partial charge in [0.1, 0.15) is 25.4 Å². The van der Waals surface area contributed by atoms with Crippen LogP contribution in [0.15, 0.2) is 30.3 Å². The van der Waals surface area contributed by atoms with E-state index >= 15 is 0 Å². The Morgan fingerprint density at radius 3 is 2.75 bits per heavy atom. The summed E-state index contributed by atoms with van der Waals surface area (Å²) in [5.41, 5.74) is 4.80. The summed E-state index contributed by atoms with van der Waals surface area (Å²) < 4.78 is 10.5. The van der Waals surface area contributed by atoms with Crippen LogP contribution in [-0.2, 0) is 14.3 Å². The second-order valence-corrected chi connectivity index (χ2v) is 6.96. The van der Waals surface area contributed by atoms with Gasteiger partial charge in [-0.2, -0.15) is 0 Å². The normalized spacial score (nSPS) is 17.7. The highest BCUT2D eigenvalue weighted by Gasteiger charge is 2.22. The standard InChI is InChI=1S/C20H28N4O4/c1-27-17-5-3-16(4-6-17)18-7-8-20(26)24(22-18)15-19(25)21-9-2-10-23-11-13-28-14-12-23/h3-7,22H,2,8-15H2,1H3,(H,21,25)/p+1. The molecule has 152 valence electrons. The molecule has 0 radical (unpaired) electrons. The van der Waals surface area contributed by atoms with Crippen molar-refractivity contribution in [2.75, 3.05) is 53.0 Å². The van der Waals surface area contributed by atoms with E-state index in [2.05, 4.69) is 10.7 Å². The van der Waals surface area contributed by atoms with Gasteiger partial charge in [-0.15, -0.1) is 0 Å². The zero-order valence-corrected chi connectivity index (χ0v) is 16.3. The number of hydrazine groups is 1. The van der Waals surface area contributed by atoms with E-state index in [-0.39, 0.29) is 24.8 Å². The number of rotatable bonds is 8. The Labute approximate surface area is 165 Å². The molecular formula is C20H29N4O4+. The van der Waals surface area contributed by atoms with Gasteiger partial charge in [-0.25, -0.2) is 5.01 Å². The first-order valence-electron chi connectivity index (χ1n) is 9.75. The van der Waals surface area contributed by atoms with Gasteiger partial charge in [0.2, 0.25) is 11.8 Å². The van der Waals surface area contributed by atoms with Crippen LogP contribution in [0.4, 0.5) is 0 Å². The lowest BCUT2D eigenvalue weighted by Gasteiger charge is -2.29. The summed E-state index contributed by atoms with van der Waals surface area (Å²) in [6.45, 7) is 5.32. The lowest BCUT2D eigenvalue weighted by molar-refractivity contribution is -0.908. The Morgan fingerprint density at radius 2 is 2.04 bits per heavy atom. The maximum Gasteiger partial charge on any atom is 0.245 e. The van der Waals surface area contributed by atoms with Crippen LogP contribution in [0.25, 0.3) is 5.70 Å². The summed E-state index contributed by atoms with van der Waals surface area (Å²) in [4.78, 5) is 25.9. The molecule has 1 aromatic carbocycles. The zero-order valence-electron chi connectivity index (χ0n) is 16.3. The van der Waals surface area contributed by atoms with Crippen molar-refractivity contribution >= 4 is 17.5 Å². The molecule has 3 rings (SSSR count). The number of hydrogen-bond donors (Lipinski definition) is 3. The van der Waals surface area contributed by atoms with Crippen molar-refractivity contribution in [1.29, 1.82) is 0 Å². The van der Waals surface area contributed by atoms with Gasteiger partial charge in [0.15, 0.2) is 0 Å².